The van der Waals surface area contributed by atoms with Crippen molar-refractivity contribution in [2.75, 3.05) is 50.7 Å². The monoisotopic (exact) mass is 506 g/mol. The van der Waals surface area contributed by atoms with Crippen LogP contribution in [0.2, 0.25) is 5.02 Å². The lowest BCUT2D eigenvalue weighted by atomic mass is 9.75. The molecule has 3 aliphatic heterocycles. The van der Waals surface area contributed by atoms with E-state index in [0.29, 0.717) is 32.4 Å². The summed E-state index contributed by atoms with van der Waals surface area (Å²) in [7, 11) is 0. The Kier molecular flexibility index (Phi) is 7.47. The quantitative estimate of drug-likeness (QED) is 0.572. The van der Waals surface area contributed by atoms with Crippen LogP contribution in [0.15, 0.2) is 24.3 Å². The highest BCUT2D eigenvalue weighted by Gasteiger charge is 2.51. The van der Waals surface area contributed by atoms with E-state index in [0.717, 1.165) is 49.9 Å². The molecule has 0 bridgehead atoms. The number of piperazine rings is 1. The maximum Gasteiger partial charge on any atom is 0.405 e. The number of hydrogen-bond donors (Lipinski definition) is 2. The number of amides is 2. The van der Waals surface area contributed by atoms with Gasteiger partial charge < -0.3 is 25.0 Å². The number of rotatable bonds is 6. The van der Waals surface area contributed by atoms with E-state index in [-0.39, 0.29) is 18.0 Å². The van der Waals surface area contributed by atoms with E-state index in [4.69, 9.17) is 21.4 Å². The van der Waals surface area contributed by atoms with Crippen LogP contribution in [0.25, 0.3) is 0 Å². The summed E-state index contributed by atoms with van der Waals surface area (Å²) in [5.74, 6) is -0.419. The van der Waals surface area contributed by atoms with Crippen LogP contribution in [0, 0.1) is 5.41 Å². The average Bonchev–Trinajstić information content (AvgIpc) is 3.12. The van der Waals surface area contributed by atoms with Gasteiger partial charge in [-0.05, 0) is 51.3 Å². The number of nitrogens with zero attached hydrogens (tertiary/aromatic N) is 3. The number of piperidine rings is 1. The highest BCUT2D eigenvalue weighted by molar-refractivity contribution is 6.30. The Morgan fingerprint density at radius 1 is 1.17 bits per heavy atom. The molecular formula is C25H35ClN4O5. The van der Waals surface area contributed by atoms with E-state index in [2.05, 4.69) is 21.2 Å². The maximum atomic E-state index is 12.8. The van der Waals surface area contributed by atoms with Gasteiger partial charge in [0.1, 0.15) is 11.6 Å². The second-order valence-corrected chi connectivity index (χ2v) is 10.9. The number of hydrogen-bond acceptors (Lipinski definition) is 6. The van der Waals surface area contributed by atoms with Crippen molar-refractivity contribution in [2.24, 2.45) is 5.41 Å². The van der Waals surface area contributed by atoms with Crippen molar-refractivity contribution in [1.29, 1.82) is 0 Å². The summed E-state index contributed by atoms with van der Waals surface area (Å²) < 4.78 is 5.78. The van der Waals surface area contributed by atoms with Gasteiger partial charge in [0.2, 0.25) is 5.91 Å². The summed E-state index contributed by atoms with van der Waals surface area (Å²) in [6.45, 7) is 8.64. The number of carbonyl (C=O) groups excluding carboxylic acids is 2. The van der Waals surface area contributed by atoms with Crippen LogP contribution in [0.5, 0.6) is 0 Å². The molecule has 1 aromatic carbocycles. The van der Waals surface area contributed by atoms with Crippen LogP contribution in [0.3, 0.4) is 0 Å². The van der Waals surface area contributed by atoms with Crippen molar-refractivity contribution in [1.82, 2.24) is 15.1 Å². The number of likely N-dealkylation sites (tertiary alicyclic amines) is 1. The van der Waals surface area contributed by atoms with Gasteiger partial charge in [0.25, 0.3) is 0 Å². The Labute approximate surface area is 211 Å². The van der Waals surface area contributed by atoms with Crippen molar-refractivity contribution in [3.8, 4) is 0 Å². The molecule has 192 valence electrons. The van der Waals surface area contributed by atoms with Crippen LogP contribution >= 0.6 is 11.6 Å². The number of esters is 1. The molecule has 9 nitrogen and oxygen atoms in total. The average molecular weight is 507 g/mol. The molecule has 3 heterocycles. The minimum absolute atomic E-state index is 0.0965. The molecule has 2 N–H and O–H groups in total. The first-order valence-corrected chi connectivity index (χ1v) is 12.7. The number of anilines is 1. The zero-order chi connectivity index (χ0) is 25.2. The number of carboxylic acid groups (broad SMARTS) is 1. The van der Waals surface area contributed by atoms with Gasteiger partial charge >= 0.3 is 12.1 Å². The summed E-state index contributed by atoms with van der Waals surface area (Å²) in [6.07, 6.45) is 1.27. The van der Waals surface area contributed by atoms with Crippen molar-refractivity contribution in [2.45, 2.75) is 51.2 Å². The highest BCUT2D eigenvalue weighted by atomic mass is 35.5. The fraction of sp³-hybridized carbons (Fsp3) is 0.640. The predicted molar refractivity (Wildman–Crippen MR) is 133 cm³/mol. The summed E-state index contributed by atoms with van der Waals surface area (Å²) in [4.78, 5) is 43.0. The van der Waals surface area contributed by atoms with Gasteiger partial charge in [0.15, 0.2) is 0 Å². The zero-order valence-corrected chi connectivity index (χ0v) is 21.2. The first kappa shape index (κ1) is 25.6. The molecular weight excluding hydrogens is 472 g/mol. The fourth-order valence-corrected chi connectivity index (χ4v) is 5.67. The van der Waals surface area contributed by atoms with E-state index in [1.807, 2.05) is 18.2 Å². The summed E-state index contributed by atoms with van der Waals surface area (Å²) in [5, 5.41) is 12.0. The Bertz CT molecular complexity index is 955. The third-order valence-corrected chi connectivity index (χ3v) is 7.84. The first-order valence-electron chi connectivity index (χ1n) is 12.3. The standard InChI is InChI=1S/C25H35ClN4O5/c1-24(2,27-23(33)34)21(31)30-10-7-25(8-11-30)17-20(35-22(25)32)6-9-28-12-14-29(15-13-28)19-5-3-4-18(26)16-19/h3-5,16,20,27H,6-15,17H2,1-2H3,(H,33,34). The van der Waals surface area contributed by atoms with Gasteiger partial charge in [0, 0.05) is 62.9 Å². The number of nitrogens with one attached hydrogen (secondary N) is 1. The van der Waals surface area contributed by atoms with E-state index < -0.39 is 17.0 Å². The molecule has 3 aliphatic rings. The summed E-state index contributed by atoms with van der Waals surface area (Å²) in [5.41, 5.74) is -0.584. The Morgan fingerprint density at radius 2 is 1.86 bits per heavy atom. The van der Waals surface area contributed by atoms with Crippen LogP contribution in [-0.4, -0.2) is 90.3 Å². The van der Waals surface area contributed by atoms with Gasteiger partial charge in [-0.3, -0.25) is 14.5 Å². The van der Waals surface area contributed by atoms with Gasteiger partial charge in [-0.1, -0.05) is 17.7 Å². The van der Waals surface area contributed by atoms with Gasteiger partial charge in [-0.15, -0.1) is 0 Å². The molecule has 35 heavy (non-hydrogen) atoms. The van der Waals surface area contributed by atoms with Crippen molar-refractivity contribution < 1.29 is 24.2 Å². The first-order chi connectivity index (χ1) is 16.6. The van der Waals surface area contributed by atoms with E-state index in [1.165, 1.54) is 0 Å². The molecule has 1 atom stereocenters. The number of halogens is 1. The fourth-order valence-electron chi connectivity index (χ4n) is 5.49. The molecule has 1 spiro atoms. The second-order valence-electron chi connectivity index (χ2n) is 10.5. The molecule has 2 amide bonds. The second kappa shape index (κ2) is 10.2. The Hall–Kier alpha value is -2.52. The smallest absolute Gasteiger partial charge is 0.405 e. The van der Waals surface area contributed by atoms with Crippen LogP contribution in [-0.2, 0) is 14.3 Å². The molecule has 0 aliphatic carbocycles. The van der Waals surface area contributed by atoms with Gasteiger partial charge in [0.05, 0.1) is 5.41 Å². The molecule has 3 fully saturated rings. The summed E-state index contributed by atoms with van der Waals surface area (Å²) in [6, 6.07) is 7.94. The zero-order valence-electron chi connectivity index (χ0n) is 20.5. The normalized spacial score (nSPS) is 22.8. The van der Waals surface area contributed by atoms with Crippen molar-refractivity contribution in [3.05, 3.63) is 29.3 Å². The predicted octanol–water partition coefficient (Wildman–Crippen LogP) is 2.82. The molecule has 0 radical (unpaired) electrons. The number of carbonyl (C=O) groups is 3. The molecule has 4 rings (SSSR count). The number of cyclic esters (lactones) is 1. The van der Waals surface area contributed by atoms with Crippen LogP contribution < -0.4 is 10.2 Å². The van der Waals surface area contributed by atoms with Gasteiger partial charge in [-0.2, -0.15) is 0 Å². The van der Waals surface area contributed by atoms with Crippen molar-refractivity contribution in [3.63, 3.8) is 0 Å². The Balaban J connectivity index is 1.23. The highest BCUT2D eigenvalue weighted by Crippen LogP contribution is 2.44. The van der Waals surface area contributed by atoms with Crippen LogP contribution in [0.1, 0.15) is 39.5 Å². The largest absolute Gasteiger partial charge is 0.465 e. The summed E-state index contributed by atoms with van der Waals surface area (Å²) >= 11 is 6.13. The van der Waals surface area contributed by atoms with E-state index in [1.54, 1.807) is 18.7 Å². The number of benzene rings is 1. The lowest BCUT2D eigenvalue weighted by Crippen LogP contribution is -2.58. The lowest BCUT2D eigenvalue weighted by Gasteiger charge is -2.39. The minimum atomic E-state index is -1.23. The molecule has 3 saturated heterocycles. The molecule has 1 unspecified atom stereocenters. The van der Waals surface area contributed by atoms with Gasteiger partial charge in [-0.25, -0.2) is 4.79 Å². The Morgan fingerprint density at radius 3 is 2.49 bits per heavy atom. The molecule has 0 saturated carbocycles. The third-order valence-electron chi connectivity index (χ3n) is 7.60. The molecule has 1 aromatic rings. The lowest BCUT2D eigenvalue weighted by molar-refractivity contribution is -0.153. The van der Waals surface area contributed by atoms with E-state index in [9.17, 15) is 14.4 Å². The molecule has 10 heteroatoms. The maximum absolute atomic E-state index is 12.8. The third kappa shape index (κ3) is 5.83. The topological polar surface area (TPSA) is 102 Å². The van der Waals surface area contributed by atoms with Crippen LogP contribution in [0.4, 0.5) is 10.5 Å². The molecule has 0 aromatic heterocycles. The van der Waals surface area contributed by atoms with Crippen molar-refractivity contribution >= 4 is 35.3 Å². The minimum Gasteiger partial charge on any atom is -0.465 e. The SMILES string of the molecule is CC(C)(NC(=O)O)C(=O)N1CCC2(CC1)CC(CCN1CCN(c3cccc(Cl)c3)CC1)OC2=O. The number of ether oxygens (including phenoxy) is 1. The van der Waals surface area contributed by atoms with E-state index >= 15 is 0 Å².